The third-order valence-electron chi connectivity index (χ3n) is 4.33. The van der Waals surface area contributed by atoms with E-state index in [9.17, 15) is 19.2 Å². The minimum absolute atomic E-state index is 0.0427. The van der Waals surface area contributed by atoms with Gasteiger partial charge >= 0.3 is 5.97 Å². The molecule has 29 heavy (non-hydrogen) atoms. The second-order valence-corrected chi connectivity index (χ2v) is 7.38. The van der Waals surface area contributed by atoms with Crippen LogP contribution in [0.1, 0.15) is 27.1 Å². The van der Waals surface area contributed by atoms with Gasteiger partial charge in [0.05, 0.1) is 17.9 Å². The second-order valence-electron chi connectivity index (χ2n) is 6.19. The van der Waals surface area contributed by atoms with Gasteiger partial charge in [-0.25, -0.2) is 9.78 Å². The number of likely N-dealkylation sites (tertiary alicyclic amines) is 1. The van der Waals surface area contributed by atoms with E-state index in [0.29, 0.717) is 11.3 Å². The van der Waals surface area contributed by atoms with Gasteiger partial charge in [-0.2, -0.15) is 0 Å². The molecule has 1 saturated heterocycles. The summed E-state index contributed by atoms with van der Waals surface area (Å²) in [5, 5.41) is -0.370. The van der Waals surface area contributed by atoms with Gasteiger partial charge in [0.15, 0.2) is 12.4 Å². The molecule has 2 amide bonds. The minimum Gasteiger partial charge on any atom is -0.497 e. The lowest BCUT2D eigenvalue weighted by Crippen LogP contribution is -2.26. The van der Waals surface area contributed by atoms with Crippen molar-refractivity contribution < 1.29 is 28.7 Å². The smallest absolute Gasteiger partial charge is 0.341 e. The standard InChI is InChI=1S/C20H18N2O6S/c1-22-17(24)10-16(19(22)25)29-18-14(4-3-9-21-18)20(26)28-11-15(23)12-5-7-13(27-2)8-6-12/h3-9,16H,10-11H2,1-2H3. The van der Waals surface area contributed by atoms with Crippen molar-refractivity contribution in [1.29, 1.82) is 0 Å². The monoisotopic (exact) mass is 414 g/mol. The number of rotatable bonds is 7. The number of Topliss-reactive ketones (excluding diaryl/α,β-unsaturated/α-hetero) is 1. The van der Waals surface area contributed by atoms with E-state index in [-0.39, 0.29) is 34.6 Å². The second kappa shape index (κ2) is 8.87. The Labute approximate surface area is 171 Å². The number of hydrogen-bond donors (Lipinski definition) is 0. The van der Waals surface area contributed by atoms with Gasteiger partial charge in [0.25, 0.3) is 0 Å². The van der Waals surface area contributed by atoms with Crippen molar-refractivity contribution in [3.05, 3.63) is 53.7 Å². The molecule has 150 valence electrons. The number of imide groups is 1. The summed E-state index contributed by atoms with van der Waals surface area (Å²) in [6, 6.07) is 9.50. The van der Waals surface area contributed by atoms with Gasteiger partial charge in [-0.15, -0.1) is 0 Å². The SMILES string of the molecule is COc1ccc(C(=O)COC(=O)c2cccnc2SC2CC(=O)N(C)C2=O)cc1. The molecule has 9 heteroatoms. The van der Waals surface area contributed by atoms with Crippen LogP contribution < -0.4 is 4.74 Å². The molecule has 1 unspecified atom stereocenters. The van der Waals surface area contributed by atoms with Crippen LogP contribution in [-0.2, 0) is 14.3 Å². The van der Waals surface area contributed by atoms with Gasteiger partial charge in [-0.05, 0) is 36.4 Å². The Hall–Kier alpha value is -3.20. The van der Waals surface area contributed by atoms with Gasteiger partial charge in [-0.3, -0.25) is 19.3 Å². The fourth-order valence-electron chi connectivity index (χ4n) is 2.66. The zero-order chi connectivity index (χ0) is 21.0. The molecule has 1 fully saturated rings. The number of thioether (sulfide) groups is 1. The third-order valence-corrected chi connectivity index (χ3v) is 5.53. The number of pyridine rings is 1. The molecule has 0 radical (unpaired) electrons. The van der Waals surface area contributed by atoms with E-state index >= 15 is 0 Å². The van der Waals surface area contributed by atoms with Crippen molar-refractivity contribution in [2.45, 2.75) is 16.7 Å². The predicted octanol–water partition coefficient (Wildman–Crippen LogP) is 1.98. The highest BCUT2D eigenvalue weighted by Gasteiger charge is 2.37. The van der Waals surface area contributed by atoms with Crippen molar-refractivity contribution in [1.82, 2.24) is 9.88 Å². The fraction of sp³-hybridized carbons (Fsp3) is 0.250. The molecule has 1 aromatic carbocycles. The maximum atomic E-state index is 12.5. The number of aromatic nitrogens is 1. The molecule has 3 rings (SSSR count). The molecule has 2 heterocycles. The van der Waals surface area contributed by atoms with E-state index in [4.69, 9.17) is 9.47 Å². The summed E-state index contributed by atoms with van der Waals surface area (Å²) < 4.78 is 10.2. The average Bonchev–Trinajstić information content (AvgIpc) is 2.98. The highest BCUT2D eigenvalue weighted by atomic mass is 32.2. The van der Waals surface area contributed by atoms with Crippen molar-refractivity contribution in [3.63, 3.8) is 0 Å². The fourth-order valence-corrected chi connectivity index (χ4v) is 3.81. The number of amides is 2. The van der Waals surface area contributed by atoms with E-state index in [1.807, 2.05) is 0 Å². The average molecular weight is 414 g/mol. The third kappa shape index (κ3) is 4.62. The van der Waals surface area contributed by atoms with Crippen LogP contribution in [0.2, 0.25) is 0 Å². The first-order valence-corrected chi connectivity index (χ1v) is 9.55. The van der Waals surface area contributed by atoms with Crippen LogP contribution in [0.15, 0.2) is 47.6 Å². The summed E-state index contributed by atoms with van der Waals surface area (Å²) in [6.45, 7) is -0.437. The van der Waals surface area contributed by atoms with Gasteiger partial charge in [0.2, 0.25) is 11.8 Å². The molecule has 1 aromatic heterocycles. The lowest BCUT2D eigenvalue weighted by molar-refractivity contribution is -0.136. The zero-order valence-corrected chi connectivity index (χ0v) is 16.6. The van der Waals surface area contributed by atoms with Crippen LogP contribution in [0.4, 0.5) is 0 Å². The van der Waals surface area contributed by atoms with Gasteiger partial charge < -0.3 is 9.47 Å². The number of ketones is 1. The van der Waals surface area contributed by atoms with E-state index in [0.717, 1.165) is 16.7 Å². The Kier molecular flexibility index (Phi) is 6.28. The molecule has 0 bridgehead atoms. The van der Waals surface area contributed by atoms with Crippen LogP contribution in [0.25, 0.3) is 0 Å². The number of nitrogens with zero attached hydrogens (tertiary/aromatic N) is 2. The Morgan fingerprint density at radius 2 is 1.93 bits per heavy atom. The summed E-state index contributed by atoms with van der Waals surface area (Å²) in [7, 11) is 2.94. The number of methoxy groups -OCH3 is 1. The van der Waals surface area contributed by atoms with Crippen molar-refractivity contribution in [3.8, 4) is 5.75 Å². The maximum absolute atomic E-state index is 12.5. The molecule has 0 spiro atoms. The number of benzene rings is 1. The Morgan fingerprint density at radius 1 is 1.21 bits per heavy atom. The molecule has 2 aromatic rings. The first kappa shape index (κ1) is 20.5. The Morgan fingerprint density at radius 3 is 2.55 bits per heavy atom. The molecular weight excluding hydrogens is 396 g/mol. The molecule has 1 aliphatic rings. The number of carbonyl (C=O) groups is 4. The quantitative estimate of drug-likeness (QED) is 0.385. The molecule has 1 atom stereocenters. The molecule has 1 aliphatic heterocycles. The first-order valence-electron chi connectivity index (χ1n) is 8.67. The van der Waals surface area contributed by atoms with E-state index in [1.54, 1.807) is 30.3 Å². The van der Waals surface area contributed by atoms with Gasteiger partial charge in [0, 0.05) is 25.2 Å². The largest absolute Gasteiger partial charge is 0.497 e. The topological polar surface area (TPSA) is 103 Å². The van der Waals surface area contributed by atoms with Crippen LogP contribution in [0.3, 0.4) is 0 Å². The summed E-state index contributed by atoms with van der Waals surface area (Å²) in [4.78, 5) is 53.7. The Bertz CT molecular complexity index is 960. The van der Waals surface area contributed by atoms with Crippen LogP contribution in [0, 0.1) is 0 Å². The molecular formula is C20H18N2O6S. The summed E-state index contributed by atoms with van der Waals surface area (Å²) in [6.07, 6.45) is 1.52. The Balaban J connectivity index is 1.66. The molecule has 0 aliphatic carbocycles. The van der Waals surface area contributed by atoms with Gasteiger partial charge in [0.1, 0.15) is 10.8 Å². The number of hydrogen-bond acceptors (Lipinski definition) is 8. The van der Waals surface area contributed by atoms with Crippen LogP contribution >= 0.6 is 11.8 Å². The number of esters is 1. The molecule has 0 saturated carbocycles. The minimum atomic E-state index is -0.729. The molecule has 8 nitrogen and oxygen atoms in total. The van der Waals surface area contributed by atoms with Crippen LogP contribution in [-0.4, -0.2) is 59.5 Å². The number of carbonyl (C=O) groups excluding carboxylic acids is 4. The normalized spacial score (nSPS) is 16.1. The number of ether oxygens (including phenoxy) is 2. The highest BCUT2D eigenvalue weighted by Crippen LogP contribution is 2.31. The predicted molar refractivity (Wildman–Crippen MR) is 104 cm³/mol. The van der Waals surface area contributed by atoms with E-state index in [2.05, 4.69) is 4.98 Å². The lowest BCUT2D eigenvalue weighted by Gasteiger charge is -2.11. The summed E-state index contributed by atoms with van der Waals surface area (Å²) >= 11 is 1.03. The molecule has 0 N–H and O–H groups in total. The lowest BCUT2D eigenvalue weighted by atomic mass is 10.1. The van der Waals surface area contributed by atoms with Gasteiger partial charge in [-0.1, -0.05) is 11.8 Å². The summed E-state index contributed by atoms with van der Waals surface area (Å²) in [5.41, 5.74) is 0.521. The van der Waals surface area contributed by atoms with Crippen molar-refractivity contribution in [2.24, 2.45) is 0 Å². The van der Waals surface area contributed by atoms with E-state index in [1.165, 1.54) is 26.4 Å². The highest BCUT2D eigenvalue weighted by molar-refractivity contribution is 8.00. The zero-order valence-electron chi connectivity index (χ0n) is 15.8. The maximum Gasteiger partial charge on any atom is 0.341 e. The van der Waals surface area contributed by atoms with Crippen molar-refractivity contribution in [2.75, 3.05) is 20.8 Å². The van der Waals surface area contributed by atoms with E-state index < -0.39 is 17.8 Å². The van der Waals surface area contributed by atoms with Crippen molar-refractivity contribution >= 4 is 35.3 Å². The van der Waals surface area contributed by atoms with Crippen LogP contribution in [0.5, 0.6) is 5.75 Å². The summed E-state index contributed by atoms with van der Waals surface area (Å²) in [5.74, 6) is -1.09. The first-order chi connectivity index (χ1) is 13.9.